The SMILES string of the molecule is COc1ccc(S(=O)(=O)CCC(=O)ON2C(=O)CCC2=O)cc1OC. The second kappa shape index (κ2) is 7.51. The molecule has 0 spiro atoms. The fourth-order valence-electron chi connectivity index (χ4n) is 2.15. The molecule has 0 aliphatic carbocycles. The summed E-state index contributed by atoms with van der Waals surface area (Å²) < 4.78 is 34.7. The van der Waals surface area contributed by atoms with Crippen molar-refractivity contribution in [2.24, 2.45) is 0 Å². The van der Waals surface area contributed by atoms with Crippen molar-refractivity contribution < 1.29 is 37.1 Å². The molecular weight excluding hydrogens is 354 g/mol. The first-order valence-electron chi connectivity index (χ1n) is 7.30. The lowest BCUT2D eigenvalue weighted by Crippen LogP contribution is -2.32. The molecule has 1 heterocycles. The molecule has 136 valence electrons. The van der Waals surface area contributed by atoms with E-state index >= 15 is 0 Å². The summed E-state index contributed by atoms with van der Waals surface area (Å²) in [7, 11) is -1.01. The highest BCUT2D eigenvalue weighted by Crippen LogP contribution is 2.30. The Kier molecular flexibility index (Phi) is 5.62. The van der Waals surface area contributed by atoms with Gasteiger partial charge in [0.1, 0.15) is 0 Å². The van der Waals surface area contributed by atoms with E-state index in [0.717, 1.165) is 0 Å². The third-order valence-corrected chi connectivity index (χ3v) is 5.20. The van der Waals surface area contributed by atoms with Crippen LogP contribution in [0.2, 0.25) is 0 Å². The average Bonchev–Trinajstić information content (AvgIpc) is 2.91. The molecule has 1 saturated heterocycles. The molecule has 0 aromatic heterocycles. The summed E-state index contributed by atoms with van der Waals surface area (Å²) >= 11 is 0. The maximum absolute atomic E-state index is 12.3. The van der Waals surface area contributed by atoms with E-state index < -0.39 is 39.8 Å². The molecule has 1 aliphatic heterocycles. The molecule has 2 rings (SSSR count). The van der Waals surface area contributed by atoms with Gasteiger partial charge in [-0.05, 0) is 12.1 Å². The zero-order valence-electron chi connectivity index (χ0n) is 13.7. The molecule has 1 aromatic carbocycles. The topological polar surface area (TPSA) is 116 Å². The molecule has 1 aliphatic rings. The first-order valence-corrected chi connectivity index (χ1v) is 8.95. The van der Waals surface area contributed by atoms with Gasteiger partial charge < -0.3 is 14.3 Å². The summed E-state index contributed by atoms with van der Waals surface area (Å²) in [6, 6.07) is 4.05. The van der Waals surface area contributed by atoms with Gasteiger partial charge in [-0.2, -0.15) is 0 Å². The van der Waals surface area contributed by atoms with Gasteiger partial charge in [0.15, 0.2) is 21.3 Å². The van der Waals surface area contributed by atoms with Crippen LogP contribution in [-0.2, 0) is 29.1 Å². The number of carbonyl (C=O) groups excluding carboxylic acids is 3. The fourth-order valence-corrected chi connectivity index (χ4v) is 3.38. The Labute approximate surface area is 144 Å². The number of nitrogens with zero attached hydrogens (tertiary/aromatic N) is 1. The lowest BCUT2D eigenvalue weighted by molar-refractivity contribution is -0.197. The molecule has 0 atom stereocenters. The van der Waals surface area contributed by atoms with Gasteiger partial charge in [0.25, 0.3) is 11.8 Å². The molecule has 10 heteroatoms. The van der Waals surface area contributed by atoms with Crippen molar-refractivity contribution in [2.45, 2.75) is 24.2 Å². The number of carbonyl (C=O) groups is 3. The number of benzene rings is 1. The van der Waals surface area contributed by atoms with Gasteiger partial charge in [-0.25, -0.2) is 13.2 Å². The molecule has 2 amide bonds. The number of rotatable bonds is 7. The van der Waals surface area contributed by atoms with Crippen molar-refractivity contribution in [3.8, 4) is 11.5 Å². The predicted octanol–water partition coefficient (Wildman–Crippen LogP) is 0.475. The monoisotopic (exact) mass is 371 g/mol. The number of amides is 2. The molecule has 1 fully saturated rings. The summed E-state index contributed by atoms with van der Waals surface area (Å²) in [6.07, 6.45) is -0.570. The maximum Gasteiger partial charge on any atom is 0.334 e. The van der Waals surface area contributed by atoms with Crippen molar-refractivity contribution in [2.75, 3.05) is 20.0 Å². The Hall–Kier alpha value is -2.62. The minimum atomic E-state index is -3.80. The number of ether oxygens (including phenoxy) is 2. The molecule has 0 N–H and O–H groups in total. The summed E-state index contributed by atoms with van der Waals surface area (Å²) in [6.45, 7) is 0. The summed E-state index contributed by atoms with van der Waals surface area (Å²) in [5.41, 5.74) is 0. The number of imide groups is 1. The number of hydrogen-bond acceptors (Lipinski definition) is 8. The van der Waals surface area contributed by atoms with Gasteiger partial charge in [0, 0.05) is 18.9 Å². The Morgan fingerprint density at radius 3 is 2.24 bits per heavy atom. The number of hydroxylamine groups is 2. The van der Waals surface area contributed by atoms with Crippen molar-refractivity contribution in [1.29, 1.82) is 0 Å². The number of hydrogen-bond donors (Lipinski definition) is 0. The highest BCUT2D eigenvalue weighted by atomic mass is 32.2. The molecule has 0 radical (unpaired) electrons. The van der Waals surface area contributed by atoms with Crippen molar-refractivity contribution in [1.82, 2.24) is 5.06 Å². The van der Waals surface area contributed by atoms with E-state index in [9.17, 15) is 22.8 Å². The fraction of sp³-hybridized carbons (Fsp3) is 0.400. The van der Waals surface area contributed by atoms with E-state index in [1.54, 1.807) is 0 Å². The van der Waals surface area contributed by atoms with Crippen LogP contribution in [0.3, 0.4) is 0 Å². The van der Waals surface area contributed by atoms with E-state index in [0.29, 0.717) is 10.8 Å². The molecule has 25 heavy (non-hydrogen) atoms. The molecule has 0 bridgehead atoms. The first kappa shape index (κ1) is 18.7. The first-order chi connectivity index (χ1) is 11.8. The smallest absolute Gasteiger partial charge is 0.334 e. The quantitative estimate of drug-likeness (QED) is 0.635. The van der Waals surface area contributed by atoms with Crippen LogP contribution in [0, 0.1) is 0 Å². The summed E-state index contributed by atoms with van der Waals surface area (Å²) in [5, 5.41) is 0.380. The third kappa shape index (κ3) is 4.27. The minimum absolute atomic E-state index is 0.0317. The predicted molar refractivity (Wildman–Crippen MR) is 83.4 cm³/mol. The van der Waals surface area contributed by atoms with E-state index in [1.165, 1.54) is 32.4 Å². The van der Waals surface area contributed by atoms with E-state index in [2.05, 4.69) is 4.84 Å². The minimum Gasteiger partial charge on any atom is -0.493 e. The highest BCUT2D eigenvalue weighted by molar-refractivity contribution is 7.91. The van der Waals surface area contributed by atoms with Gasteiger partial charge in [0.2, 0.25) is 0 Å². The number of sulfone groups is 1. The summed E-state index contributed by atoms with van der Waals surface area (Å²) in [4.78, 5) is 39.0. The Morgan fingerprint density at radius 2 is 1.68 bits per heavy atom. The molecule has 0 saturated carbocycles. The van der Waals surface area contributed by atoms with Gasteiger partial charge in [-0.15, -0.1) is 5.06 Å². The second-order valence-electron chi connectivity index (χ2n) is 5.13. The Morgan fingerprint density at radius 1 is 1.08 bits per heavy atom. The molecule has 1 aromatic rings. The molecular formula is C15H17NO8S. The standard InChI is InChI=1S/C15H17NO8S/c1-22-11-4-3-10(9-12(11)23-2)25(20,21)8-7-15(19)24-16-13(17)5-6-14(16)18/h3-4,9H,5-8H2,1-2H3. The second-order valence-corrected chi connectivity index (χ2v) is 7.24. The van der Waals surface area contributed by atoms with Gasteiger partial charge >= 0.3 is 5.97 Å². The van der Waals surface area contributed by atoms with Crippen molar-refractivity contribution in [3.63, 3.8) is 0 Å². The largest absolute Gasteiger partial charge is 0.493 e. The van der Waals surface area contributed by atoms with Gasteiger partial charge in [-0.1, -0.05) is 0 Å². The van der Waals surface area contributed by atoms with Gasteiger partial charge in [0.05, 0.1) is 31.3 Å². The van der Waals surface area contributed by atoms with Crippen LogP contribution in [0.5, 0.6) is 11.5 Å². The van der Waals surface area contributed by atoms with E-state index in [4.69, 9.17) is 9.47 Å². The average molecular weight is 371 g/mol. The van der Waals surface area contributed by atoms with Crippen LogP contribution in [-0.4, -0.2) is 51.2 Å². The lowest BCUT2D eigenvalue weighted by Gasteiger charge is -2.13. The number of methoxy groups -OCH3 is 2. The lowest BCUT2D eigenvalue weighted by atomic mass is 10.3. The maximum atomic E-state index is 12.3. The van der Waals surface area contributed by atoms with Crippen LogP contribution >= 0.6 is 0 Å². The zero-order valence-corrected chi connectivity index (χ0v) is 14.5. The van der Waals surface area contributed by atoms with Crippen LogP contribution in [0.1, 0.15) is 19.3 Å². The highest BCUT2D eigenvalue weighted by Gasteiger charge is 2.33. The van der Waals surface area contributed by atoms with Crippen LogP contribution in [0.15, 0.2) is 23.1 Å². The van der Waals surface area contributed by atoms with Crippen molar-refractivity contribution >= 4 is 27.6 Å². The molecule has 9 nitrogen and oxygen atoms in total. The van der Waals surface area contributed by atoms with Crippen LogP contribution < -0.4 is 9.47 Å². The normalized spacial score (nSPS) is 14.6. The Balaban J connectivity index is 2.02. The third-order valence-electron chi connectivity index (χ3n) is 3.49. The molecule has 0 unspecified atom stereocenters. The van der Waals surface area contributed by atoms with E-state index in [1.807, 2.05) is 0 Å². The van der Waals surface area contributed by atoms with Crippen molar-refractivity contribution in [3.05, 3.63) is 18.2 Å². The summed E-state index contributed by atoms with van der Waals surface area (Å²) in [5.74, 6) is -2.17. The van der Waals surface area contributed by atoms with E-state index in [-0.39, 0.29) is 23.5 Å². The zero-order chi connectivity index (χ0) is 18.6. The Bertz CT molecular complexity index is 786. The van der Waals surface area contributed by atoms with Crippen LogP contribution in [0.4, 0.5) is 0 Å². The van der Waals surface area contributed by atoms with Gasteiger partial charge in [-0.3, -0.25) is 9.59 Å². The van der Waals surface area contributed by atoms with Crippen LogP contribution in [0.25, 0.3) is 0 Å².